The van der Waals surface area contributed by atoms with Crippen molar-refractivity contribution in [3.05, 3.63) is 54.5 Å². The van der Waals surface area contributed by atoms with Gasteiger partial charge in [-0.2, -0.15) is 0 Å². The molecule has 1 aliphatic heterocycles. The molecule has 0 N–H and O–H groups in total. The molecule has 2 heterocycles. The van der Waals surface area contributed by atoms with E-state index in [4.69, 9.17) is 4.74 Å². The minimum Gasteiger partial charge on any atom is -0.472 e. The first kappa shape index (κ1) is 13.5. The number of ether oxygens (including phenoxy) is 1. The molecule has 1 unspecified atom stereocenters. The number of aromatic nitrogens is 2. The summed E-state index contributed by atoms with van der Waals surface area (Å²) in [5, 5.41) is 0. The number of piperidine rings is 1. The zero-order chi connectivity index (χ0) is 14.5. The highest BCUT2D eigenvalue weighted by atomic mass is 16.5. The van der Waals surface area contributed by atoms with E-state index in [1.807, 2.05) is 35.2 Å². The van der Waals surface area contributed by atoms with Gasteiger partial charge in [0.15, 0.2) is 0 Å². The number of hydrogen-bond acceptors (Lipinski definition) is 4. The Morgan fingerprint density at radius 1 is 1.24 bits per heavy atom. The first-order chi connectivity index (χ1) is 10.3. The van der Waals surface area contributed by atoms with Gasteiger partial charge in [0.25, 0.3) is 5.91 Å². The minimum absolute atomic E-state index is 0.0127. The van der Waals surface area contributed by atoms with Crippen LogP contribution in [0.1, 0.15) is 23.2 Å². The summed E-state index contributed by atoms with van der Waals surface area (Å²) in [5.74, 6) is 0.621. The molecular formula is C16H17N3O2. The fourth-order valence-corrected chi connectivity index (χ4v) is 2.50. The lowest BCUT2D eigenvalue weighted by molar-refractivity contribution is 0.0527. The van der Waals surface area contributed by atoms with E-state index in [0.717, 1.165) is 24.9 Å². The topological polar surface area (TPSA) is 55.3 Å². The molecule has 1 fully saturated rings. The van der Waals surface area contributed by atoms with Crippen molar-refractivity contribution in [1.82, 2.24) is 14.9 Å². The SMILES string of the molecule is O=C(c1ccccc1)N1CCCC(Oc2ccncn2)C1. The van der Waals surface area contributed by atoms with Gasteiger partial charge in [0, 0.05) is 24.4 Å². The van der Waals surface area contributed by atoms with Crippen molar-refractivity contribution < 1.29 is 9.53 Å². The highest BCUT2D eigenvalue weighted by Gasteiger charge is 2.25. The molecule has 1 aromatic carbocycles. The van der Waals surface area contributed by atoms with Gasteiger partial charge in [0.2, 0.25) is 5.88 Å². The lowest BCUT2D eigenvalue weighted by atomic mass is 10.1. The molecule has 0 spiro atoms. The van der Waals surface area contributed by atoms with Crippen molar-refractivity contribution in [2.75, 3.05) is 13.1 Å². The van der Waals surface area contributed by atoms with Crippen molar-refractivity contribution in [2.45, 2.75) is 18.9 Å². The number of carbonyl (C=O) groups is 1. The third-order valence-corrected chi connectivity index (χ3v) is 3.53. The van der Waals surface area contributed by atoms with Crippen LogP contribution in [-0.2, 0) is 0 Å². The third kappa shape index (κ3) is 3.37. The second kappa shape index (κ2) is 6.35. The summed E-state index contributed by atoms with van der Waals surface area (Å²) < 4.78 is 5.83. The van der Waals surface area contributed by atoms with Crippen LogP contribution >= 0.6 is 0 Å². The standard InChI is InChI=1S/C16H17N3O2/c20-16(13-5-2-1-3-6-13)19-10-4-7-14(11-19)21-15-8-9-17-12-18-15/h1-3,5-6,8-9,12,14H,4,7,10-11H2. The number of likely N-dealkylation sites (tertiary alicyclic amines) is 1. The van der Waals surface area contributed by atoms with Crippen LogP contribution in [-0.4, -0.2) is 40.0 Å². The highest BCUT2D eigenvalue weighted by molar-refractivity contribution is 5.94. The number of benzene rings is 1. The smallest absolute Gasteiger partial charge is 0.253 e. The van der Waals surface area contributed by atoms with Crippen molar-refractivity contribution in [2.24, 2.45) is 0 Å². The lowest BCUT2D eigenvalue weighted by Crippen LogP contribution is -2.44. The van der Waals surface area contributed by atoms with Gasteiger partial charge in [0.05, 0.1) is 6.54 Å². The van der Waals surface area contributed by atoms with E-state index in [9.17, 15) is 4.79 Å². The second-order valence-corrected chi connectivity index (χ2v) is 5.05. The van der Waals surface area contributed by atoms with Crippen molar-refractivity contribution in [3.8, 4) is 5.88 Å². The summed E-state index contributed by atoms with van der Waals surface area (Å²) in [4.78, 5) is 22.2. The number of rotatable bonds is 3. The Bertz CT molecular complexity index is 589. The summed E-state index contributed by atoms with van der Waals surface area (Å²) in [6, 6.07) is 11.1. The van der Waals surface area contributed by atoms with E-state index in [0.29, 0.717) is 12.4 Å². The van der Waals surface area contributed by atoms with Crippen molar-refractivity contribution in [3.63, 3.8) is 0 Å². The van der Waals surface area contributed by atoms with E-state index in [1.165, 1.54) is 6.33 Å². The lowest BCUT2D eigenvalue weighted by Gasteiger charge is -2.32. The Kier molecular flexibility index (Phi) is 4.09. The maximum atomic E-state index is 12.4. The summed E-state index contributed by atoms with van der Waals surface area (Å²) in [6.07, 6.45) is 4.97. The van der Waals surface area contributed by atoms with Gasteiger partial charge in [-0.05, 0) is 25.0 Å². The number of nitrogens with zero attached hydrogens (tertiary/aromatic N) is 3. The van der Waals surface area contributed by atoms with Gasteiger partial charge in [-0.3, -0.25) is 4.79 Å². The summed E-state index contributed by atoms with van der Waals surface area (Å²) >= 11 is 0. The molecule has 0 aliphatic carbocycles. The molecule has 108 valence electrons. The number of amides is 1. The molecule has 5 heteroatoms. The first-order valence-electron chi connectivity index (χ1n) is 7.10. The van der Waals surface area contributed by atoms with Gasteiger partial charge < -0.3 is 9.64 Å². The van der Waals surface area contributed by atoms with Crippen molar-refractivity contribution in [1.29, 1.82) is 0 Å². The maximum absolute atomic E-state index is 12.4. The number of hydrogen-bond donors (Lipinski definition) is 0. The molecule has 1 saturated heterocycles. The van der Waals surface area contributed by atoms with Gasteiger partial charge in [0.1, 0.15) is 12.4 Å². The van der Waals surface area contributed by atoms with E-state index < -0.39 is 0 Å². The van der Waals surface area contributed by atoms with E-state index in [1.54, 1.807) is 12.3 Å². The molecule has 21 heavy (non-hydrogen) atoms. The quantitative estimate of drug-likeness (QED) is 0.866. The highest BCUT2D eigenvalue weighted by Crippen LogP contribution is 2.18. The molecule has 1 aromatic heterocycles. The van der Waals surface area contributed by atoms with Gasteiger partial charge in [-0.15, -0.1) is 0 Å². The summed E-state index contributed by atoms with van der Waals surface area (Å²) in [7, 11) is 0. The first-order valence-corrected chi connectivity index (χ1v) is 7.10. The van der Waals surface area contributed by atoms with E-state index in [2.05, 4.69) is 9.97 Å². The molecule has 1 amide bonds. The zero-order valence-electron chi connectivity index (χ0n) is 11.7. The van der Waals surface area contributed by atoms with Gasteiger partial charge >= 0.3 is 0 Å². The van der Waals surface area contributed by atoms with E-state index in [-0.39, 0.29) is 12.0 Å². The van der Waals surface area contributed by atoms with Crippen LogP contribution in [0.2, 0.25) is 0 Å². The van der Waals surface area contributed by atoms with Crippen LogP contribution in [0.5, 0.6) is 5.88 Å². The average Bonchev–Trinajstić information content (AvgIpc) is 2.56. The molecule has 2 aromatic rings. The maximum Gasteiger partial charge on any atom is 0.253 e. The Morgan fingerprint density at radius 2 is 2.10 bits per heavy atom. The van der Waals surface area contributed by atoms with E-state index >= 15 is 0 Å². The predicted molar refractivity (Wildman–Crippen MR) is 78.0 cm³/mol. The molecule has 5 nitrogen and oxygen atoms in total. The van der Waals surface area contributed by atoms with Crippen LogP contribution in [0, 0.1) is 0 Å². The molecule has 3 rings (SSSR count). The molecule has 1 atom stereocenters. The Balaban J connectivity index is 1.64. The molecule has 0 saturated carbocycles. The normalized spacial score (nSPS) is 18.3. The number of carbonyl (C=O) groups excluding carboxylic acids is 1. The summed E-state index contributed by atoms with van der Waals surface area (Å²) in [5.41, 5.74) is 0.722. The van der Waals surface area contributed by atoms with Crippen LogP contribution in [0.3, 0.4) is 0 Å². The Hall–Kier alpha value is -2.43. The fraction of sp³-hybridized carbons (Fsp3) is 0.312. The van der Waals surface area contributed by atoms with Gasteiger partial charge in [-0.1, -0.05) is 18.2 Å². The molecule has 1 aliphatic rings. The third-order valence-electron chi connectivity index (χ3n) is 3.53. The minimum atomic E-state index is -0.0127. The van der Waals surface area contributed by atoms with Crippen LogP contribution in [0.25, 0.3) is 0 Å². The Labute approximate surface area is 123 Å². The van der Waals surface area contributed by atoms with Crippen molar-refractivity contribution >= 4 is 5.91 Å². The van der Waals surface area contributed by atoms with Crippen LogP contribution in [0.4, 0.5) is 0 Å². The van der Waals surface area contributed by atoms with Crippen LogP contribution in [0.15, 0.2) is 48.9 Å². The largest absolute Gasteiger partial charge is 0.472 e. The Morgan fingerprint density at radius 3 is 2.86 bits per heavy atom. The fourth-order valence-electron chi connectivity index (χ4n) is 2.50. The predicted octanol–water partition coefficient (Wildman–Crippen LogP) is 2.16. The average molecular weight is 283 g/mol. The second-order valence-electron chi connectivity index (χ2n) is 5.05. The monoisotopic (exact) mass is 283 g/mol. The van der Waals surface area contributed by atoms with Crippen LogP contribution < -0.4 is 4.74 Å². The molecule has 0 radical (unpaired) electrons. The molecule has 0 bridgehead atoms. The zero-order valence-corrected chi connectivity index (χ0v) is 11.7. The summed E-state index contributed by atoms with van der Waals surface area (Å²) in [6.45, 7) is 1.37. The molecular weight excluding hydrogens is 266 g/mol. The van der Waals surface area contributed by atoms with Gasteiger partial charge in [-0.25, -0.2) is 9.97 Å².